The van der Waals surface area contributed by atoms with Crippen molar-refractivity contribution in [1.82, 2.24) is 15.2 Å². The van der Waals surface area contributed by atoms with E-state index in [0.717, 1.165) is 47.7 Å². The van der Waals surface area contributed by atoms with Crippen LogP contribution in [0, 0.1) is 6.92 Å². The van der Waals surface area contributed by atoms with Crippen LogP contribution in [0.3, 0.4) is 0 Å². The van der Waals surface area contributed by atoms with Crippen LogP contribution in [0.25, 0.3) is 11.4 Å². The fourth-order valence-electron chi connectivity index (χ4n) is 2.43. The Morgan fingerprint density at radius 3 is 2.80 bits per heavy atom. The molecule has 1 fully saturated rings. The second-order valence-electron chi connectivity index (χ2n) is 5.29. The Labute approximate surface area is 126 Å². The molecule has 5 nitrogen and oxygen atoms in total. The van der Waals surface area contributed by atoms with Crippen LogP contribution in [0.5, 0.6) is 0 Å². The lowest BCUT2D eigenvalue weighted by Gasteiger charge is -2.28. The van der Waals surface area contributed by atoms with Crippen molar-refractivity contribution >= 4 is 21.9 Å². The van der Waals surface area contributed by atoms with Gasteiger partial charge in [-0.05, 0) is 37.5 Å². The third kappa shape index (κ3) is 2.71. The average molecular weight is 336 g/mol. The van der Waals surface area contributed by atoms with Crippen LogP contribution in [0.4, 0.5) is 5.95 Å². The normalized spacial score (nSPS) is 16.6. The van der Waals surface area contributed by atoms with E-state index < -0.39 is 0 Å². The molecule has 1 saturated heterocycles. The predicted molar refractivity (Wildman–Crippen MR) is 83.7 cm³/mol. The van der Waals surface area contributed by atoms with Gasteiger partial charge >= 0.3 is 0 Å². The van der Waals surface area contributed by atoms with E-state index in [1.165, 1.54) is 5.56 Å². The molecule has 0 saturated carbocycles. The van der Waals surface area contributed by atoms with Crippen molar-refractivity contribution in [2.24, 2.45) is 5.73 Å². The summed E-state index contributed by atoms with van der Waals surface area (Å²) in [6.45, 7) is 3.92. The van der Waals surface area contributed by atoms with Crippen LogP contribution < -0.4 is 10.6 Å². The number of nitrogens with two attached hydrogens (primary N) is 1. The second-order valence-corrected chi connectivity index (χ2v) is 6.15. The van der Waals surface area contributed by atoms with Gasteiger partial charge in [0.1, 0.15) is 0 Å². The topological polar surface area (TPSA) is 70.8 Å². The third-order valence-electron chi connectivity index (χ3n) is 3.68. The number of aromatic amines is 1. The van der Waals surface area contributed by atoms with E-state index in [9.17, 15) is 0 Å². The van der Waals surface area contributed by atoms with Gasteiger partial charge in [-0.1, -0.05) is 22.0 Å². The Balaban J connectivity index is 1.83. The summed E-state index contributed by atoms with van der Waals surface area (Å²) in [4.78, 5) is 6.79. The van der Waals surface area contributed by atoms with Gasteiger partial charge in [0.2, 0.25) is 5.95 Å². The number of piperidine rings is 1. The summed E-state index contributed by atoms with van der Waals surface area (Å²) < 4.78 is 1.03. The lowest BCUT2D eigenvalue weighted by Crippen LogP contribution is -2.40. The summed E-state index contributed by atoms with van der Waals surface area (Å²) >= 11 is 3.58. The lowest BCUT2D eigenvalue weighted by atomic mass is 10.1. The first-order chi connectivity index (χ1) is 9.63. The van der Waals surface area contributed by atoms with E-state index in [2.05, 4.69) is 61.1 Å². The SMILES string of the molecule is Cc1ccc(-c2nc(N3CCC(N)CC3)n[nH]2)c(Br)c1. The fraction of sp³-hybridized carbons (Fsp3) is 0.429. The molecule has 0 aliphatic carbocycles. The highest BCUT2D eigenvalue weighted by molar-refractivity contribution is 9.10. The smallest absolute Gasteiger partial charge is 0.245 e. The van der Waals surface area contributed by atoms with Crippen molar-refractivity contribution in [3.63, 3.8) is 0 Å². The van der Waals surface area contributed by atoms with Crippen LogP contribution in [-0.2, 0) is 0 Å². The minimum atomic E-state index is 0.316. The number of nitrogens with one attached hydrogen (secondary N) is 1. The molecule has 0 radical (unpaired) electrons. The molecule has 0 spiro atoms. The van der Waals surface area contributed by atoms with Crippen molar-refractivity contribution in [1.29, 1.82) is 0 Å². The summed E-state index contributed by atoms with van der Waals surface area (Å²) in [5.41, 5.74) is 8.17. The van der Waals surface area contributed by atoms with Crippen LogP contribution in [0.1, 0.15) is 18.4 Å². The van der Waals surface area contributed by atoms with Crippen LogP contribution in [-0.4, -0.2) is 34.3 Å². The van der Waals surface area contributed by atoms with Crippen molar-refractivity contribution < 1.29 is 0 Å². The molecule has 1 aromatic heterocycles. The van der Waals surface area contributed by atoms with Crippen LogP contribution >= 0.6 is 15.9 Å². The van der Waals surface area contributed by atoms with Crippen molar-refractivity contribution in [3.8, 4) is 11.4 Å². The first-order valence-electron chi connectivity index (χ1n) is 6.83. The number of H-pyrrole nitrogens is 1. The van der Waals surface area contributed by atoms with Gasteiger partial charge in [0.05, 0.1) is 0 Å². The molecule has 0 amide bonds. The van der Waals surface area contributed by atoms with Gasteiger partial charge in [-0.25, -0.2) is 0 Å². The Hall–Kier alpha value is -1.40. The van der Waals surface area contributed by atoms with Crippen LogP contribution in [0.15, 0.2) is 22.7 Å². The predicted octanol–water partition coefficient (Wildman–Crippen LogP) is 2.47. The van der Waals surface area contributed by atoms with Gasteiger partial charge in [-0.3, -0.25) is 5.10 Å². The van der Waals surface area contributed by atoms with Crippen molar-refractivity contribution in [2.75, 3.05) is 18.0 Å². The number of benzene rings is 1. The summed E-state index contributed by atoms with van der Waals surface area (Å²) in [6.07, 6.45) is 2.00. The number of aryl methyl sites for hydroxylation is 1. The molecule has 20 heavy (non-hydrogen) atoms. The van der Waals surface area contributed by atoms with Crippen LogP contribution in [0.2, 0.25) is 0 Å². The monoisotopic (exact) mass is 335 g/mol. The minimum absolute atomic E-state index is 0.316. The summed E-state index contributed by atoms with van der Waals surface area (Å²) in [7, 11) is 0. The first kappa shape index (κ1) is 13.6. The molecule has 1 aliphatic rings. The van der Waals surface area contributed by atoms with E-state index in [-0.39, 0.29) is 0 Å². The first-order valence-corrected chi connectivity index (χ1v) is 7.62. The van der Waals surface area contributed by atoms with E-state index in [0.29, 0.717) is 6.04 Å². The number of aromatic nitrogens is 3. The Bertz CT molecular complexity index is 601. The molecule has 3 N–H and O–H groups in total. The van der Waals surface area contributed by atoms with E-state index in [1.807, 2.05) is 0 Å². The average Bonchev–Trinajstić information content (AvgIpc) is 2.89. The molecule has 1 aromatic carbocycles. The molecule has 0 unspecified atom stereocenters. The molecular weight excluding hydrogens is 318 g/mol. The number of anilines is 1. The van der Waals surface area contributed by atoms with Gasteiger partial charge in [0.25, 0.3) is 0 Å². The molecule has 2 heterocycles. The summed E-state index contributed by atoms with van der Waals surface area (Å²) in [5.74, 6) is 1.56. The molecule has 1 aliphatic heterocycles. The summed E-state index contributed by atoms with van der Waals surface area (Å²) in [6, 6.07) is 6.52. The Kier molecular flexibility index (Phi) is 3.76. The van der Waals surface area contributed by atoms with E-state index >= 15 is 0 Å². The quantitative estimate of drug-likeness (QED) is 0.884. The number of hydrogen-bond acceptors (Lipinski definition) is 4. The molecule has 0 atom stereocenters. The highest BCUT2D eigenvalue weighted by Crippen LogP contribution is 2.27. The molecule has 3 rings (SSSR count). The van der Waals surface area contributed by atoms with Gasteiger partial charge in [0, 0.05) is 29.2 Å². The largest absolute Gasteiger partial charge is 0.339 e. The molecular formula is C14H18BrN5. The second kappa shape index (κ2) is 5.54. The van der Waals surface area contributed by atoms with Gasteiger partial charge in [-0.15, -0.1) is 5.10 Å². The number of halogens is 1. The Morgan fingerprint density at radius 1 is 1.35 bits per heavy atom. The zero-order chi connectivity index (χ0) is 14.1. The fourth-order valence-corrected chi connectivity index (χ4v) is 3.11. The molecule has 106 valence electrons. The maximum Gasteiger partial charge on any atom is 0.245 e. The highest BCUT2D eigenvalue weighted by Gasteiger charge is 2.20. The zero-order valence-corrected chi connectivity index (χ0v) is 13.0. The Morgan fingerprint density at radius 2 is 2.10 bits per heavy atom. The number of hydrogen-bond donors (Lipinski definition) is 2. The number of nitrogens with zero attached hydrogens (tertiary/aromatic N) is 3. The molecule has 2 aromatic rings. The van der Waals surface area contributed by atoms with Crippen molar-refractivity contribution in [2.45, 2.75) is 25.8 Å². The van der Waals surface area contributed by atoms with Gasteiger partial charge in [-0.2, -0.15) is 4.98 Å². The maximum absolute atomic E-state index is 5.92. The molecule has 6 heteroatoms. The van der Waals surface area contributed by atoms with E-state index in [4.69, 9.17) is 5.73 Å². The third-order valence-corrected chi connectivity index (χ3v) is 4.33. The van der Waals surface area contributed by atoms with Crippen molar-refractivity contribution in [3.05, 3.63) is 28.2 Å². The highest BCUT2D eigenvalue weighted by atomic mass is 79.9. The standard InChI is InChI=1S/C14H18BrN5/c1-9-2-3-11(12(15)8-9)13-17-14(19-18-13)20-6-4-10(16)5-7-20/h2-3,8,10H,4-7,16H2,1H3,(H,17,18,19). The number of rotatable bonds is 2. The van der Waals surface area contributed by atoms with Gasteiger partial charge in [0.15, 0.2) is 5.82 Å². The minimum Gasteiger partial charge on any atom is -0.339 e. The van der Waals surface area contributed by atoms with Gasteiger partial charge < -0.3 is 10.6 Å². The zero-order valence-electron chi connectivity index (χ0n) is 11.4. The molecule has 0 bridgehead atoms. The lowest BCUT2D eigenvalue weighted by molar-refractivity contribution is 0.496. The summed E-state index contributed by atoms with van der Waals surface area (Å²) in [5, 5.41) is 7.36. The van der Waals surface area contributed by atoms with E-state index in [1.54, 1.807) is 0 Å². The maximum atomic E-state index is 5.92.